The molecule has 0 radical (unpaired) electrons. The maximum atomic E-state index is 11.9. The van der Waals surface area contributed by atoms with E-state index in [1.807, 2.05) is 6.92 Å². The fourth-order valence-electron chi connectivity index (χ4n) is 1.72. The summed E-state index contributed by atoms with van der Waals surface area (Å²) in [6, 6.07) is 1.60. The van der Waals surface area contributed by atoms with E-state index in [1.165, 1.54) is 0 Å². The Labute approximate surface area is 113 Å². The first kappa shape index (κ1) is 15.5. The smallest absolute Gasteiger partial charge is 0.267 e. The van der Waals surface area contributed by atoms with Gasteiger partial charge in [0.05, 0.1) is 11.4 Å². The predicted octanol–water partition coefficient (Wildman–Crippen LogP) is -0.111. The summed E-state index contributed by atoms with van der Waals surface area (Å²) in [6.45, 7) is 2.97. The van der Waals surface area contributed by atoms with Crippen molar-refractivity contribution in [2.45, 2.75) is 26.3 Å². The van der Waals surface area contributed by atoms with E-state index in [2.05, 4.69) is 5.32 Å². The van der Waals surface area contributed by atoms with Crippen molar-refractivity contribution in [3.63, 3.8) is 0 Å². The average molecular weight is 288 g/mol. The lowest BCUT2D eigenvalue weighted by Crippen LogP contribution is -2.28. The lowest BCUT2D eigenvalue weighted by Gasteiger charge is -2.08. The van der Waals surface area contributed by atoms with Crippen LogP contribution in [-0.4, -0.2) is 31.2 Å². The Balaban J connectivity index is 2.54. The van der Waals surface area contributed by atoms with Crippen molar-refractivity contribution in [2.24, 2.45) is 5.14 Å². The fourth-order valence-corrected chi connectivity index (χ4v) is 2.26. The molecule has 0 spiro atoms. The molecule has 1 aromatic heterocycles. The van der Waals surface area contributed by atoms with Crippen molar-refractivity contribution >= 4 is 21.6 Å². The minimum atomic E-state index is -3.48. The van der Waals surface area contributed by atoms with E-state index in [4.69, 9.17) is 10.9 Å². The molecule has 0 aliphatic carbocycles. The van der Waals surface area contributed by atoms with Gasteiger partial charge in [0.1, 0.15) is 5.69 Å². The van der Waals surface area contributed by atoms with Gasteiger partial charge in [-0.15, -0.1) is 0 Å². The van der Waals surface area contributed by atoms with Crippen LogP contribution in [0.3, 0.4) is 0 Å². The zero-order valence-corrected chi connectivity index (χ0v) is 11.7. The van der Waals surface area contributed by atoms with Crippen LogP contribution in [0.4, 0.5) is 5.69 Å². The number of nitrogen functional groups attached to an aromatic ring is 1. The number of carbonyl (C=O) groups excluding carboxylic acids is 1. The maximum Gasteiger partial charge on any atom is 0.267 e. The Bertz CT molecular complexity index is 536. The molecule has 8 heteroatoms. The molecule has 1 amide bonds. The number of anilines is 1. The molecule has 0 atom stereocenters. The van der Waals surface area contributed by atoms with E-state index in [-0.39, 0.29) is 24.6 Å². The zero-order valence-electron chi connectivity index (χ0n) is 10.9. The molecule has 0 aromatic carbocycles. The quantitative estimate of drug-likeness (QED) is 0.606. The van der Waals surface area contributed by atoms with E-state index in [0.717, 1.165) is 6.42 Å². The first-order valence-corrected chi connectivity index (χ1v) is 7.79. The van der Waals surface area contributed by atoms with Crippen molar-refractivity contribution < 1.29 is 13.2 Å². The van der Waals surface area contributed by atoms with Gasteiger partial charge < -0.3 is 15.6 Å². The maximum absolute atomic E-state index is 11.9. The zero-order chi connectivity index (χ0) is 14.5. The molecule has 1 aromatic rings. The molecule has 0 saturated carbocycles. The van der Waals surface area contributed by atoms with Gasteiger partial charge in [0, 0.05) is 19.3 Å². The number of rotatable bonds is 7. The highest BCUT2D eigenvalue weighted by Crippen LogP contribution is 2.11. The van der Waals surface area contributed by atoms with Gasteiger partial charge in [-0.3, -0.25) is 4.79 Å². The van der Waals surface area contributed by atoms with Gasteiger partial charge in [0.2, 0.25) is 10.0 Å². The van der Waals surface area contributed by atoms with Crippen LogP contribution in [0.15, 0.2) is 12.3 Å². The van der Waals surface area contributed by atoms with E-state index >= 15 is 0 Å². The number of hydrogen-bond acceptors (Lipinski definition) is 4. The Hall–Kier alpha value is -1.54. The third kappa shape index (κ3) is 5.31. The van der Waals surface area contributed by atoms with Crippen molar-refractivity contribution in [3.05, 3.63) is 18.0 Å². The molecule has 0 aliphatic heterocycles. The molecule has 0 saturated heterocycles. The van der Waals surface area contributed by atoms with Gasteiger partial charge in [-0.05, 0) is 18.9 Å². The predicted molar refractivity (Wildman–Crippen MR) is 74.1 cm³/mol. The lowest BCUT2D eigenvalue weighted by molar-refractivity contribution is 0.0944. The molecular formula is C11H20N4O3S. The van der Waals surface area contributed by atoms with Gasteiger partial charge in [0.25, 0.3) is 5.91 Å². The summed E-state index contributed by atoms with van der Waals surface area (Å²) >= 11 is 0. The van der Waals surface area contributed by atoms with E-state index in [1.54, 1.807) is 16.8 Å². The Morgan fingerprint density at radius 2 is 2.16 bits per heavy atom. The van der Waals surface area contributed by atoms with Crippen LogP contribution in [0.25, 0.3) is 0 Å². The highest BCUT2D eigenvalue weighted by Gasteiger charge is 2.12. The molecule has 1 rings (SSSR count). The third-order valence-corrected chi connectivity index (χ3v) is 3.36. The van der Waals surface area contributed by atoms with E-state index < -0.39 is 10.0 Å². The molecule has 1 heterocycles. The van der Waals surface area contributed by atoms with Gasteiger partial charge in [-0.1, -0.05) is 6.92 Å². The summed E-state index contributed by atoms with van der Waals surface area (Å²) in [5, 5.41) is 7.52. The molecule has 0 bridgehead atoms. The van der Waals surface area contributed by atoms with Crippen molar-refractivity contribution in [2.75, 3.05) is 18.0 Å². The number of aryl methyl sites for hydroxylation is 1. The number of amides is 1. The monoisotopic (exact) mass is 288 g/mol. The second-order valence-corrected chi connectivity index (χ2v) is 6.06. The summed E-state index contributed by atoms with van der Waals surface area (Å²) in [6.07, 6.45) is 2.89. The van der Waals surface area contributed by atoms with Crippen LogP contribution < -0.4 is 16.2 Å². The second kappa shape index (κ2) is 6.58. The minimum Gasteiger partial charge on any atom is -0.397 e. The van der Waals surface area contributed by atoms with Crippen LogP contribution in [-0.2, 0) is 16.6 Å². The SMILES string of the molecule is CCCn1cc(N)cc1C(=O)NCCCS(N)(=O)=O. The molecular weight excluding hydrogens is 268 g/mol. The number of primary sulfonamides is 1. The highest BCUT2D eigenvalue weighted by atomic mass is 32.2. The number of nitrogens with two attached hydrogens (primary N) is 2. The summed E-state index contributed by atoms with van der Waals surface area (Å²) in [7, 11) is -3.48. The number of nitrogens with zero attached hydrogens (tertiary/aromatic N) is 1. The van der Waals surface area contributed by atoms with Crippen LogP contribution in [0.5, 0.6) is 0 Å². The highest BCUT2D eigenvalue weighted by molar-refractivity contribution is 7.89. The Morgan fingerprint density at radius 1 is 1.47 bits per heavy atom. The summed E-state index contributed by atoms with van der Waals surface area (Å²) in [5.74, 6) is -0.412. The number of sulfonamides is 1. The largest absolute Gasteiger partial charge is 0.397 e. The van der Waals surface area contributed by atoms with Crippen LogP contribution in [0.1, 0.15) is 30.3 Å². The second-order valence-electron chi connectivity index (χ2n) is 4.33. The Morgan fingerprint density at radius 3 is 2.74 bits per heavy atom. The molecule has 0 unspecified atom stereocenters. The van der Waals surface area contributed by atoms with E-state index in [9.17, 15) is 13.2 Å². The van der Waals surface area contributed by atoms with E-state index in [0.29, 0.717) is 17.9 Å². The number of aromatic nitrogens is 1. The first-order valence-electron chi connectivity index (χ1n) is 6.08. The first-order chi connectivity index (χ1) is 8.83. The van der Waals surface area contributed by atoms with Crippen LogP contribution in [0.2, 0.25) is 0 Å². The lowest BCUT2D eigenvalue weighted by atomic mass is 10.3. The molecule has 108 valence electrons. The van der Waals surface area contributed by atoms with Crippen molar-refractivity contribution in [3.8, 4) is 0 Å². The summed E-state index contributed by atoms with van der Waals surface area (Å²) in [5.41, 5.74) is 6.67. The molecule has 0 aliphatic rings. The molecule has 0 fully saturated rings. The number of hydrogen-bond donors (Lipinski definition) is 3. The molecule has 5 N–H and O–H groups in total. The standard InChI is InChI=1S/C11H20N4O3S/c1-2-5-15-8-9(12)7-10(15)11(16)14-4-3-6-19(13,17)18/h7-8H,2-6,12H2,1H3,(H,14,16)(H2,13,17,18). The molecule has 19 heavy (non-hydrogen) atoms. The average Bonchev–Trinajstić information content (AvgIpc) is 2.65. The van der Waals surface area contributed by atoms with Gasteiger partial charge in [0.15, 0.2) is 0 Å². The van der Waals surface area contributed by atoms with Gasteiger partial charge in [-0.2, -0.15) is 0 Å². The fraction of sp³-hybridized carbons (Fsp3) is 0.545. The Kier molecular flexibility index (Phi) is 5.37. The van der Waals surface area contributed by atoms with Gasteiger partial charge >= 0.3 is 0 Å². The third-order valence-electron chi connectivity index (χ3n) is 2.51. The van der Waals surface area contributed by atoms with Crippen molar-refractivity contribution in [1.29, 1.82) is 0 Å². The topological polar surface area (TPSA) is 120 Å². The number of nitrogens with one attached hydrogen (secondary N) is 1. The van der Waals surface area contributed by atoms with Crippen molar-refractivity contribution in [1.82, 2.24) is 9.88 Å². The van der Waals surface area contributed by atoms with Gasteiger partial charge in [-0.25, -0.2) is 13.6 Å². The minimum absolute atomic E-state index is 0.147. The van der Waals surface area contributed by atoms with Crippen LogP contribution in [0, 0.1) is 0 Å². The summed E-state index contributed by atoms with van der Waals surface area (Å²) < 4.78 is 23.2. The van der Waals surface area contributed by atoms with Crippen LogP contribution >= 0.6 is 0 Å². The summed E-state index contributed by atoms with van der Waals surface area (Å²) in [4.78, 5) is 11.9. The normalized spacial score (nSPS) is 11.5. The molecule has 7 nitrogen and oxygen atoms in total. The number of carbonyl (C=O) groups is 1.